The zero-order valence-corrected chi connectivity index (χ0v) is 6.62. The fraction of sp³-hybridized carbons (Fsp3) is 0.429. The molecule has 13 heavy (non-hydrogen) atoms. The van der Waals surface area contributed by atoms with Crippen molar-refractivity contribution in [2.24, 2.45) is 5.73 Å². The van der Waals surface area contributed by atoms with Crippen LogP contribution in [0.3, 0.4) is 0 Å². The highest BCUT2D eigenvalue weighted by Gasteiger charge is 2.40. The second-order valence-corrected chi connectivity index (χ2v) is 2.46. The molecule has 0 radical (unpaired) electrons. The number of hydrogen-bond donors (Lipinski definition) is 1. The molecule has 1 aromatic rings. The Kier molecular flexibility index (Phi) is 2.82. The number of halogens is 3. The van der Waals surface area contributed by atoms with Crippen molar-refractivity contribution in [1.82, 2.24) is 9.97 Å². The molecular formula is C7H8F3N3. The first kappa shape index (κ1) is 9.91. The lowest BCUT2D eigenvalue weighted by Crippen LogP contribution is -2.28. The van der Waals surface area contributed by atoms with Gasteiger partial charge in [-0.2, -0.15) is 13.2 Å². The molecule has 1 unspecified atom stereocenters. The van der Waals surface area contributed by atoms with E-state index < -0.39 is 18.6 Å². The summed E-state index contributed by atoms with van der Waals surface area (Å²) in [5, 5.41) is 0. The molecule has 72 valence electrons. The summed E-state index contributed by atoms with van der Waals surface area (Å²) in [6.07, 6.45) is -2.01. The molecule has 0 aliphatic carbocycles. The lowest BCUT2D eigenvalue weighted by atomic mass is 10.1. The minimum Gasteiger partial charge on any atom is -0.329 e. The van der Waals surface area contributed by atoms with Crippen molar-refractivity contribution in [3.8, 4) is 0 Å². The molecule has 0 spiro atoms. The van der Waals surface area contributed by atoms with Gasteiger partial charge in [-0.3, -0.25) is 0 Å². The normalized spacial score (nSPS) is 14.2. The van der Waals surface area contributed by atoms with Crippen molar-refractivity contribution in [1.29, 1.82) is 0 Å². The van der Waals surface area contributed by atoms with Crippen molar-refractivity contribution in [2.75, 3.05) is 6.54 Å². The van der Waals surface area contributed by atoms with Gasteiger partial charge < -0.3 is 5.73 Å². The Balaban J connectivity index is 2.92. The third-order valence-electron chi connectivity index (χ3n) is 1.59. The predicted octanol–water partition coefficient (Wildman–Crippen LogP) is 1.08. The van der Waals surface area contributed by atoms with E-state index >= 15 is 0 Å². The molecule has 0 saturated heterocycles. The summed E-state index contributed by atoms with van der Waals surface area (Å²) in [6, 6.07) is 1.21. The van der Waals surface area contributed by atoms with Crippen molar-refractivity contribution in [3.63, 3.8) is 0 Å². The summed E-state index contributed by atoms with van der Waals surface area (Å²) in [4.78, 5) is 7.03. The highest BCUT2D eigenvalue weighted by Crippen LogP contribution is 2.32. The molecular weight excluding hydrogens is 183 g/mol. The van der Waals surface area contributed by atoms with Gasteiger partial charge >= 0.3 is 6.18 Å². The number of alkyl halides is 3. The Bertz CT molecular complexity index is 259. The maximum absolute atomic E-state index is 12.3. The Morgan fingerprint density at radius 1 is 1.46 bits per heavy atom. The number of rotatable bonds is 2. The molecule has 1 aromatic heterocycles. The summed E-state index contributed by atoms with van der Waals surface area (Å²) in [5.41, 5.74) is 4.92. The minimum atomic E-state index is -4.34. The molecule has 2 N–H and O–H groups in total. The Labute approximate surface area is 72.8 Å². The van der Waals surface area contributed by atoms with Crippen LogP contribution in [0.1, 0.15) is 11.6 Å². The summed E-state index contributed by atoms with van der Waals surface area (Å²) < 4.78 is 36.8. The van der Waals surface area contributed by atoms with Crippen LogP contribution in [0, 0.1) is 0 Å². The molecule has 0 aliphatic rings. The predicted molar refractivity (Wildman–Crippen MR) is 39.9 cm³/mol. The highest BCUT2D eigenvalue weighted by atomic mass is 19.4. The van der Waals surface area contributed by atoms with E-state index in [2.05, 4.69) is 9.97 Å². The van der Waals surface area contributed by atoms with E-state index in [1.54, 1.807) is 0 Å². The SMILES string of the molecule is NCC(c1ccncn1)C(F)(F)F. The van der Waals surface area contributed by atoms with E-state index in [4.69, 9.17) is 5.73 Å². The van der Waals surface area contributed by atoms with Gasteiger partial charge in [-0.25, -0.2) is 9.97 Å². The van der Waals surface area contributed by atoms with Gasteiger partial charge in [-0.05, 0) is 6.07 Å². The summed E-state index contributed by atoms with van der Waals surface area (Å²) in [5.74, 6) is -1.70. The lowest BCUT2D eigenvalue weighted by Gasteiger charge is -2.16. The van der Waals surface area contributed by atoms with Gasteiger partial charge in [0.05, 0.1) is 5.69 Å². The first-order chi connectivity index (χ1) is 6.05. The zero-order chi connectivity index (χ0) is 9.90. The summed E-state index contributed by atoms with van der Waals surface area (Å²) in [7, 11) is 0. The zero-order valence-electron chi connectivity index (χ0n) is 6.62. The molecule has 0 aliphatic heterocycles. The highest BCUT2D eigenvalue weighted by molar-refractivity contribution is 5.08. The number of hydrogen-bond acceptors (Lipinski definition) is 3. The molecule has 0 saturated carbocycles. The van der Waals surface area contributed by atoms with E-state index in [1.165, 1.54) is 12.3 Å². The van der Waals surface area contributed by atoms with Crippen LogP contribution in [0.25, 0.3) is 0 Å². The maximum Gasteiger partial charge on any atom is 0.398 e. The molecule has 1 atom stereocenters. The van der Waals surface area contributed by atoms with Crippen LogP contribution >= 0.6 is 0 Å². The van der Waals surface area contributed by atoms with Gasteiger partial charge in [-0.15, -0.1) is 0 Å². The van der Waals surface area contributed by atoms with Crippen molar-refractivity contribution >= 4 is 0 Å². The Hall–Kier alpha value is -1.17. The van der Waals surface area contributed by atoms with E-state index in [-0.39, 0.29) is 5.69 Å². The van der Waals surface area contributed by atoms with Crippen LogP contribution in [-0.4, -0.2) is 22.7 Å². The standard InChI is InChI=1S/C7H8F3N3/c8-7(9,10)5(3-11)6-1-2-12-4-13-6/h1-2,4-5H,3,11H2. The smallest absolute Gasteiger partial charge is 0.329 e. The van der Waals surface area contributed by atoms with Gasteiger partial charge in [0.2, 0.25) is 0 Å². The molecule has 0 aromatic carbocycles. The average Bonchev–Trinajstić information content (AvgIpc) is 2.05. The van der Waals surface area contributed by atoms with Crippen molar-refractivity contribution in [2.45, 2.75) is 12.1 Å². The number of nitrogens with zero attached hydrogens (tertiary/aromatic N) is 2. The fourth-order valence-electron chi connectivity index (χ4n) is 0.929. The Morgan fingerprint density at radius 2 is 2.15 bits per heavy atom. The molecule has 3 nitrogen and oxygen atoms in total. The second kappa shape index (κ2) is 3.69. The maximum atomic E-state index is 12.3. The molecule has 1 rings (SSSR count). The third-order valence-corrected chi connectivity index (χ3v) is 1.59. The van der Waals surface area contributed by atoms with Crippen LogP contribution in [0.2, 0.25) is 0 Å². The summed E-state index contributed by atoms with van der Waals surface area (Å²) in [6.45, 7) is -0.499. The van der Waals surface area contributed by atoms with Crippen LogP contribution in [0.5, 0.6) is 0 Å². The van der Waals surface area contributed by atoms with Crippen LogP contribution in [0.4, 0.5) is 13.2 Å². The van der Waals surface area contributed by atoms with E-state index in [9.17, 15) is 13.2 Å². The van der Waals surface area contributed by atoms with E-state index in [1.807, 2.05) is 0 Å². The third kappa shape index (κ3) is 2.38. The van der Waals surface area contributed by atoms with Gasteiger partial charge in [0, 0.05) is 12.7 Å². The van der Waals surface area contributed by atoms with Gasteiger partial charge in [-0.1, -0.05) is 0 Å². The van der Waals surface area contributed by atoms with Gasteiger partial charge in [0.25, 0.3) is 0 Å². The Morgan fingerprint density at radius 3 is 2.54 bits per heavy atom. The number of nitrogens with two attached hydrogens (primary N) is 1. The van der Waals surface area contributed by atoms with Crippen molar-refractivity contribution in [3.05, 3.63) is 24.3 Å². The van der Waals surface area contributed by atoms with E-state index in [0.717, 1.165) is 6.33 Å². The number of aromatic nitrogens is 2. The molecule has 6 heteroatoms. The average molecular weight is 191 g/mol. The fourth-order valence-corrected chi connectivity index (χ4v) is 0.929. The second-order valence-electron chi connectivity index (χ2n) is 2.46. The molecule has 0 bridgehead atoms. The largest absolute Gasteiger partial charge is 0.398 e. The molecule has 0 amide bonds. The van der Waals surface area contributed by atoms with Crippen LogP contribution in [-0.2, 0) is 0 Å². The monoisotopic (exact) mass is 191 g/mol. The van der Waals surface area contributed by atoms with Gasteiger partial charge in [0.1, 0.15) is 12.2 Å². The van der Waals surface area contributed by atoms with Crippen molar-refractivity contribution < 1.29 is 13.2 Å². The summed E-state index contributed by atoms with van der Waals surface area (Å²) >= 11 is 0. The quantitative estimate of drug-likeness (QED) is 0.761. The lowest BCUT2D eigenvalue weighted by molar-refractivity contribution is -0.148. The van der Waals surface area contributed by atoms with Crippen LogP contribution in [0.15, 0.2) is 18.6 Å². The van der Waals surface area contributed by atoms with Crippen LogP contribution < -0.4 is 5.73 Å². The van der Waals surface area contributed by atoms with E-state index in [0.29, 0.717) is 0 Å². The van der Waals surface area contributed by atoms with Gasteiger partial charge in [0.15, 0.2) is 0 Å². The molecule has 1 heterocycles. The minimum absolute atomic E-state index is 0.0926. The first-order valence-electron chi connectivity index (χ1n) is 3.58. The topological polar surface area (TPSA) is 51.8 Å². The molecule has 0 fully saturated rings. The first-order valence-corrected chi connectivity index (χ1v) is 3.58.